The van der Waals surface area contributed by atoms with Crippen LogP contribution in [-0.2, 0) is 0 Å². The molecule has 0 fully saturated rings. The fraction of sp³-hybridized carbons (Fsp3) is 0.308. The quantitative estimate of drug-likeness (QED) is 0.737. The Morgan fingerprint density at radius 3 is 2.69 bits per heavy atom. The first kappa shape index (κ1) is 10.7. The summed E-state index contributed by atoms with van der Waals surface area (Å²) >= 11 is 0. The van der Waals surface area contributed by atoms with Crippen molar-refractivity contribution < 1.29 is 14.6 Å². The van der Waals surface area contributed by atoms with Crippen LogP contribution in [0.1, 0.15) is 36.7 Å². The molecule has 1 aromatic rings. The van der Waals surface area contributed by atoms with E-state index in [4.69, 9.17) is 4.74 Å². The molecule has 3 nitrogen and oxygen atoms in total. The highest BCUT2D eigenvalue weighted by Crippen LogP contribution is 2.38. The number of Topliss-reactive ketones (excluding diaryl/α,β-unsaturated/α-hetero) is 1. The summed E-state index contributed by atoms with van der Waals surface area (Å²) in [6.07, 6.45) is 3.65. The zero-order valence-electron chi connectivity index (χ0n) is 9.57. The molecule has 16 heavy (non-hydrogen) atoms. The first-order valence-electron chi connectivity index (χ1n) is 5.16. The van der Waals surface area contributed by atoms with Crippen molar-refractivity contribution in [2.45, 2.75) is 26.4 Å². The minimum absolute atomic E-state index is 0.00301. The van der Waals surface area contributed by atoms with Crippen LogP contribution in [0.2, 0.25) is 0 Å². The molecule has 0 bridgehead atoms. The minimum Gasteiger partial charge on any atom is -0.506 e. The van der Waals surface area contributed by atoms with Gasteiger partial charge in [0, 0.05) is 0 Å². The Balaban J connectivity index is 2.57. The lowest BCUT2D eigenvalue weighted by atomic mass is 9.98. The number of benzene rings is 1. The summed E-state index contributed by atoms with van der Waals surface area (Å²) in [5, 5.41) is 9.92. The molecule has 0 radical (unpaired) electrons. The number of phenolic OH excluding ortho intramolecular Hbond substituents is 1. The summed E-state index contributed by atoms with van der Waals surface area (Å²) in [4.78, 5) is 11.3. The molecule has 0 saturated carbocycles. The predicted molar refractivity (Wildman–Crippen MR) is 61.9 cm³/mol. The van der Waals surface area contributed by atoms with E-state index in [2.05, 4.69) is 0 Å². The Kier molecular flexibility index (Phi) is 2.26. The third kappa shape index (κ3) is 1.69. The van der Waals surface area contributed by atoms with E-state index in [1.165, 1.54) is 6.92 Å². The second kappa shape index (κ2) is 3.37. The van der Waals surface area contributed by atoms with Crippen molar-refractivity contribution >= 4 is 11.9 Å². The van der Waals surface area contributed by atoms with E-state index in [9.17, 15) is 9.90 Å². The van der Waals surface area contributed by atoms with Crippen molar-refractivity contribution in [2.24, 2.45) is 0 Å². The summed E-state index contributed by atoms with van der Waals surface area (Å²) in [7, 11) is 0. The van der Waals surface area contributed by atoms with E-state index < -0.39 is 0 Å². The van der Waals surface area contributed by atoms with Crippen LogP contribution >= 0.6 is 0 Å². The number of carbonyl (C=O) groups excluding carboxylic acids is 1. The molecule has 1 heterocycles. The lowest BCUT2D eigenvalue weighted by Crippen LogP contribution is -2.27. The normalized spacial score (nSPS) is 16.4. The Morgan fingerprint density at radius 2 is 2.06 bits per heavy atom. The van der Waals surface area contributed by atoms with Crippen LogP contribution in [0.5, 0.6) is 11.5 Å². The van der Waals surface area contributed by atoms with Crippen molar-refractivity contribution in [1.29, 1.82) is 0 Å². The average molecular weight is 218 g/mol. The highest BCUT2D eigenvalue weighted by atomic mass is 16.5. The van der Waals surface area contributed by atoms with Gasteiger partial charge in [0.2, 0.25) is 0 Å². The Bertz CT molecular complexity index is 484. The van der Waals surface area contributed by atoms with Gasteiger partial charge in [-0.2, -0.15) is 0 Å². The second-order valence-corrected chi connectivity index (χ2v) is 4.47. The second-order valence-electron chi connectivity index (χ2n) is 4.47. The van der Waals surface area contributed by atoms with E-state index in [0.717, 1.165) is 0 Å². The summed E-state index contributed by atoms with van der Waals surface area (Å²) in [6.45, 7) is 5.30. The van der Waals surface area contributed by atoms with Gasteiger partial charge in [-0.3, -0.25) is 4.79 Å². The van der Waals surface area contributed by atoms with E-state index >= 15 is 0 Å². The molecule has 0 aliphatic carbocycles. The molecular weight excluding hydrogens is 204 g/mol. The molecular formula is C13H14O3. The molecule has 0 aromatic heterocycles. The summed E-state index contributed by atoms with van der Waals surface area (Å²) in [5.41, 5.74) is 0.524. The molecule has 1 aromatic carbocycles. The lowest BCUT2D eigenvalue weighted by Gasteiger charge is -2.28. The van der Waals surface area contributed by atoms with Crippen LogP contribution in [0.15, 0.2) is 18.2 Å². The molecule has 1 aliphatic heterocycles. The molecule has 1 N–H and O–H groups in total. The lowest BCUT2D eigenvalue weighted by molar-refractivity contribution is 0.101. The highest BCUT2D eigenvalue weighted by molar-refractivity contribution is 5.98. The predicted octanol–water partition coefficient (Wildman–Crippen LogP) is 2.78. The van der Waals surface area contributed by atoms with Crippen LogP contribution in [0, 0.1) is 0 Å². The topological polar surface area (TPSA) is 46.5 Å². The van der Waals surface area contributed by atoms with Gasteiger partial charge in [0.15, 0.2) is 5.78 Å². The number of hydrogen-bond acceptors (Lipinski definition) is 3. The van der Waals surface area contributed by atoms with E-state index in [0.29, 0.717) is 16.9 Å². The van der Waals surface area contributed by atoms with Gasteiger partial charge in [0.25, 0.3) is 0 Å². The van der Waals surface area contributed by atoms with E-state index in [1.807, 2.05) is 19.9 Å². The van der Waals surface area contributed by atoms with Crippen molar-refractivity contribution in [1.82, 2.24) is 0 Å². The molecule has 0 atom stereocenters. The average Bonchev–Trinajstić information content (AvgIpc) is 2.15. The number of phenols is 1. The van der Waals surface area contributed by atoms with E-state index in [1.54, 1.807) is 18.2 Å². The van der Waals surface area contributed by atoms with Crippen molar-refractivity contribution in [2.75, 3.05) is 0 Å². The van der Waals surface area contributed by atoms with Gasteiger partial charge < -0.3 is 9.84 Å². The smallest absolute Gasteiger partial charge is 0.163 e. The van der Waals surface area contributed by atoms with Crippen LogP contribution in [0.4, 0.5) is 0 Å². The zero-order valence-corrected chi connectivity index (χ0v) is 9.57. The number of ether oxygens (including phenoxy) is 1. The maximum Gasteiger partial charge on any atom is 0.163 e. The molecule has 0 unspecified atom stereocenters. The number of carbonyl (C=O) groups is 1. The van der Waals surface area contributed by atoms with E-state index in [-0.39, 0.29) is 17.1 Å². The van der Waals surface area contributed by atoms with Crippen molar-refractivity contribution in [3.8, 4) is 11.5 Å². The molecule has 0 amide bonds. The molecule has 1 aliphatic rings. The fourth-order valence-electron chi connectivity index (χ4n) is 1.73. The number of hydrogen-bond donors (Lipinski definition) is 1. The van der Waals surface area contributed by atoms with Gasteiger partial charge >= 0.3 is 0 Å². The van der Waals surface area contributed by atoms with Gasteiger partial charge in [-0.05, 0) is 45.1 Å². The highest BCUT2D eigenvalue weighted by Gasteiger charge is 2.24. The third-order valence-electron chi connectivity index (χ3n) is 2.58. The Morgan fingerprint density at radius 1 is 1.38 bits per heavy atom. The first-order chi connectivity index (χ1) is 7.41. The summed E-state index contributed by atoms with van der Waals surface area (Å²) in [6, 6.07) is 3.31. The maximum absolute atomic E-state index is 11.3. The van der Waals surface area contributed by atoms with Gasteiger partial charge in [0.1, 0.15) is 17.1 Å². The standard InChI is InChI=1S/C13H14O3/c1-8(14)9-4-5-11-10(12(9)15)6-7-13(2,3)16-11/h4-7,15H,1-3H3. The third-order valence-corrected chi connectivity index (χ3v) is 2.58. The van der Waals surface area contributed by atoms with Gasteiger partial charge in [0.05, 0.1) is 11.1 Å². The summed E-state index contributed by atoms with van der Waals surface area (Å²) in [5.74, 6) is 0.449. The summed E-state index contributed by atoms with van der Waals surface area (Å²) < 4.78 is 5.68. The fourth-order valence-corrected chi connectivity index (χ4v) is 1.73. The monoisotopic (exact) mass is 218 g/mol. The van der Waals surface area contributed by atoms with Gasteiger partial charge in [-0.25, -0.2) is 0 Å². The first-order valence-corrected chi connectivity index (χ1v) is 5.16. The zero-order chi connectivity index (χ0) is 11.9. The Labute approximate surface area is 94.4 Å². The van der Waals surface area contributed by atoms with Crippen LogP contribution in [0.3, 0.4) is 0 Å². The molecule has 2 rings (SSSR count). The number of fused-ring (bicyclic) bond motifs is 1. The maximum atomic E-state index is 11.3. The van der Waals surface area contributed by atoms with Gasteiger partial charge in [-0.1, -0.05) is 0 Å². The number of aromatic hydroxyl groups is 1. The number of ketones is 1. The van der Waals surface area contributed by atoms with Crippen molar-refractivity contribution in [3.63, 3.8) is 0 Å². The molecule has 3 heteroatoms. The molecule has 0 saturated heterocycles. The molecule has 84 valence electrons. The number of rotatable bonds is 1. The minimum atomic E-state index is -0.378. The van der Waals surface area contributed by atoms with Crippen LogP contribution in [-0.4, -0.2) is 16.5 Å². The van der Waals surface area contributed by atoms with Gasteiger partial charge in [-0.15, -0.1) is 0 Å². The largest absolute Gasteiger partial charge is 0.506 e. The van der Waals surface area contributed by atoms with Crippen molar-refractivity contribution in [3.05, 3.63) is 29.3 Å². The molecule has 0 spiro atoms. The van der Waals surface area contributed by atoms with Crippen LogP contribution < -0.4 is 4.74 Å². The SMILES string of the molecule is CC(=O)c1ccc2c(c1O)C=CC(C)(C)O2. The Hall–Kier alpha value is -1.77. The van der Waals surface area contributed by atoms with Crippen LogP contribution in [0.25, 0.3) is 6.08 Å².